The highest BCUT2D eigenvalue weighted by Crippen LogP contribution is 2.27. The van der Waals surface area contributed by atoms with Crippen molar-refractivity contribution in [2.45, 2.75) is 24.9 Å². The highest BCUT2D eigenvalue weighted by Gasteiger charge is 2.26. The molecule has 0 saturated heterocycles. The monoisotopic (exact) mass is 613 g/mol. The van der Waals surface area contributed by atoms with Crippen LogP contribution in [-0.4, -0.2) is 18.6 Å². The average Bonchev–Trinajstić information content (AvgIpc) is 3.36. The van der Waals surface area contributed by atoms with E-state index in [-0.39, 0.29) is 29.3 Å². The third-order valence-electron chi connectivity index (χ3n) is 5.75. The van der Waals surface area contributed by atoms with Crippen LogP contribution >= 0.6 is 34.8 Å². The molecule has 40 heavy (non-hydrogen) atoms. The van der Waals surface area contributed by atoms with E-state index in [9.17, 15) is 18.5 Å². The van der Waals surface area contributed by atoms with Crippen molar-refractivity contribution in [3.63, 3.8) is 0 Å². The molecule has 3 aromatic carbocycles. The van der Waals surface area contributed by atoms with E-state index in [1.807, 2.05) is 13.0 Å². The fraction of sp³-hybridized carbons (Fsp3) is 0.103. The molecule has 4 aromatic rings. The largest absolute Gasteiger partial charge is 0.460 e. The summed E-state index contributed by atoms with van der Waals surface area (Å²) in [6, 6.07) is 22.9. The summed E-state index contributed by atoms with van der Waals surface area (Å²) >= 11 is 18.2. The van der Waals surface area contributed by atoms with E-state index >= 15 is 0 Å². The van der Waals surface area contributed by atoms with E-state index in [0.717, 1.165) is 5.56 Å². The third kappa shape index (κ3) is 7.33. The summed E-state index contributed by atoms with van der Waals surface area (Å²) in [6.07, 6.45) is 1.28. The number of nitriles is 1. The molecule has 1 N–H and O–H groups in total. The Bertz CT molecular complexity index is 1730. The van der Waals surface area contributed by atoms with Crippen LogP contribution in [0.3, 0.4) is 0 Å². The van der Waals surface area contributed by atoms with E-state index in [1.54, 1.807) is 78.9 Å². The number of halogens is 3. The van der Waals surface area contributed by atoms with Crippen LogP contribution in [0.4, 0.5) is 5.69 Å². The number of hydrogen-bond donors (Lipinski definition) is 1. The minimum atomic E-state index is -3.95. The SMILES string of the molecule is Cc1ccc(S(=O)(=O)N(Cc2ccc(Cl)c(Cl)c2)Cc2ccc(/C=C(/C#N)C(=O)Nc3cccc(Cl)c3)o2)cc1. The predicted octanol–water partition coefficient (Wildman–Crippen LogP) is 7.49. The summed E-state index contributed by atoms with van der Waals surface area (Å²) < 4.78 is 34.3. The van der Waals surface area contributed by atoms with E-state index < -0.39 is 15.9 Å². The van der Waals surface area contributed by atoms with Crippen molar-refractivity contribution in [3.8, 4) is 6.07 Å². The van der Waals surface area contributed by atoms with Crippen LogP contribution in [-0.2, 0) is 27.9 Å². The van der Waals surface area contributed by atoms with Gasteiger partial charge in [-0.1, -0.05) is 64.6 Å². The fourth-order valence-corrected chi connectivity index (χ4v) is 5.62. The second kappa shape index (κ2) is 12.7. The smallest absolute Gasteiger partial charge is 0.266 e. The summed E-state index contributed by atoms with van der Waals surface area (Å²) in [5.41, 5.74) is 1.77. The first kappa shape index (κ1) is 29.4. The molecule has 204 valence electrons. The molecule has 0 aliphatic heterocycles. The number of hydrogen-bond acceptors (Lipinski definition) is 5. The molecule has 7 nitrogen and oxygen atoms in total. The Morgan fingerprint density at radius 2 is 1.73 bits per heavy atom. The van der Waals surface area contributed by atoms with Crippen molar-refractivity contribution in [3.05, 3.63) is 122 Å². The highest BCUT2D eigenvalue weighted by atomic mass is 35.5. The topological polar surface area (TPSA) is 103 Å². The molecule has 11 heteroatoms. The van der Waals surface area contributed by atoms with Gasteiger partial charge >= 0.3 is 0 Å². The van der Waals surface area contributed by atoms with Crippen molar-refractivity contribution in [1.82, 2.24) is 4.31 Å². The van der Waals surface area contributed by atoms with Gasteiger partial charge in [0, 0.05) is 23.3 Å². The van der Waals surface area contributed by atoms with Crippen LogP contribution in [0.5, 0.6) is 0 Å². The molecular formula is C29H22Cl3N3O4S. The molecule has 0 aliphatic rings. The van der Waals surface area contributed by atoms with Crippen LogP contribution in [0.1, 0.15) is 22.6 Å². The first-order valence-electron chi connectivity index (χ1n) is 11.8. The first-order chi connectivity index (χ1) is 19.0. The molecule has 0 unspecified atom stereocenters. The van der Waals surface area contributed by atoms with E-state index in [4.69, 9.17) is 39.2 Å². The van der Waals surface area contributed by atoms with E-state index in [0.29, 0.717) is 32.1 Å². The van der Waals surface area contributed by atoms with Gasteiger partial charge < -0.3 is 9.73 Å². The lowest BCUT2D eigenvalue weighted by Crippen LogP contribution is -2.30. The quantitative estimate of drug-likeness (QED) is 0.155. The summed E-state index contributed by atoms with van der Waals surface area (Å²) in [5.74, 6) is -0.143. The number of benzene rings is 3. The Morgan fingerprint density at radius 1 is 0.975 bits per heavy atom. The van der Waals surface area contributed by atoms with Crippen molar-refractivity contribution in [2.24, 2.45) is 0 Å². The minimum absolute atomic E-state index is 0.00947. The Kier molecular flexibility index (Phi) is 9.36. The third-order valence-corrected chi connectivity index (χ3v) is 8.53. The Labute approximate surface area is 247 Å². The Hall–Kier alpha value is -3.58. The number of carbonyl (C=O) groups excluding carboxylic acids is 1. The van der Waals surface area contributed by atoms with Crippen LogP contribution in [0.2, 0.25) is 15.1 Å². The molecule has 4 rings (SSSR count). The van der Waals surface area contributed by atoms with E-state index in [1.165, 1.54) is 10.4 Å². The fourth-order valence-electron chi connectivity index (χ4n) is 3.71. The average molecular weight is 615 g/mol. The van der Waals surface area contributed by atoms with E-state index in [2.05, 4.69) is 5.32 Å². The van der Waals surface area contributed by atoms with Gasteiger partial charge in [0.2, 0.25) is 10.0 Å². The maximum atomic E-state index is 13.6. The van der Waals surface area contributed by atoms with Gasteiger partial charge in [0.1, 0.15) is 23.2 Å². The number of rotatable bonds is 9. The molecular weight excluding hydrogens is 593 g/mol. The summed E-state index contributed by atoms with van der Waals surface area (Å²) in [4.78, 5) is 12.7. The summed E-state index contributed by atoms with van der Waals surface area (Å²) in [6.45, 7) is 1.73. The lowest BCUT2D eigenvalue weighted by molar-refractivity contribution is -0.112. The standard InChI is InChI=1S/C29H22Cl3N3O4S/c1-19-5-10-26(11-6-19)40(37,38)35(17-20-7-12-27(31)28(32)13-20)18-25-9-8-24(39-25)14-21(16-33)29(36)34-23-4-2-3-22(30)15-23/h2-15H,17-18H2,1H3,(H,34,36)/b21-14-. The molecule has 1 heterocycles. The first-order valence-corrected chi connectivity index (χ1v) is 14.4. The number of nitrogens with one attached hydrogen (secondary N) is 1. The molecule has 0 fully saturated rings. The maximum absolute atomic E-state index is 13.6. The van der Waals surface area contributed by atoms with Crippen LogP contribution < -0.4 is 5.32 Å². The highest BCUT2D eigenvalue weighted by molar-refractivity contribution is 7.89. The molecule has 0 bridgehead atoms. The van der Waals surface area contributed by atoms with Crippen molar-refractivity contribution < 1.29 is 17.6 Å². The molecule has 1 aromatic heterocycles. The summed E-state index contributed by atoms with van der Waals surface area (Å²) in [5, 5.41) is 13.2. The molecule has 0 saturated carbocycles. The second-order valence-electron chi connectivity index (χ2n) is 8.77. The van der Waals surface area contributed by atoms with Gasteiger partial charge in [0.25, 0.3) is 5.91 Å². The number of nitrogens with zero attached hydrogens (tertiary/aromatic N) is 2. The number of amides is 1. The summed E-state index contributed by atoms with van der Waals surface area (Å²) in [7, 11) is -3.95. The van der Waals surface area contributed by atoms with Crippen LogP contribution in [0.15, 0.2) is 93.7 Å². The molecule has 0 spiro atoms. The zero-order valence-electron chi connectivity index (χ0n) is 21.1. The number of aryl methyl sites for hydroxylation is 1. The number of sulfonamides is 1. The van der Waals surface area contributed by atoms with Gasteiger partial charge in [-0.2, -0.15) is 9.57 Å². The van der Waals surface area contributed by atoms with Crippen LogP contribution in [0.25, 0.3) is 6.08 Å². The van der Waals surface area contributed by atoms with Crippen molar-refractivity contribution in [2.75, 3.05) is 5.32 Å². The Morgan fingerprint density at radius 3 is 2.40 bits per heavy atom. The van der Waals surface area contributed by atoms with Gasteiger partial charge in [0.15, 0.2) is 0 Å². The van der Waals surface area contributed by atoms with Gasteiger partial charge in [-0.15, -0.1) is 0 Å². The van der Waals surface area contributed by atoms with Gasteiger partial charge in [-0.25, -0.2) is 8.42 Å². The normalized spacial score (nSPS) is 11.8. The van der Waals surface area contributed by atoms with Crippen LogP contribution in [0, 0.1) is 18.3 Å². The number of furan rings is 1. The van der Waals surface area contributed by atoms with Crippen molar-refractivity contribution in [1.29, 1.82) is 5.26 Å². The zero-order chi connectivity index (χ0) is 28.9. The lowest BCUT2D eigenvalue weighted by atomic mass is 10.2. The molecule has 0 atom stereocenters. The predicted molar refractivity (Wildman–Crippen MR) is 156 cm³/mol. The number of anilines is 1. The second-order valence-corrected chi connectivity index (χ2v) is 12.0. The van der Waals surface area contributed by atoms with Gasteiger partial charge in [-0.3, -0.25) is 4.79 Å². The Balaban J connectivity index is 1.60. The van der Waals surface area contributed by atoms with Crippen molar-refractivity contribution >= 4 is 62.5 Å². The molecule has 0 aliphatic carbocycles. The van der Waals surface area contributed by atoms with Gasteiger partial charge in [0.05, 0.1) is 21.5 Å². The molecule has 0 radical (unpaired) electrons. The minimum Gasteiger partial charge on any atom is -0.460 e. The van der Waals surface area contributed by atoms with Gasteiger partial charge in [-0.05, 0) is 67.1 Å². The zero-order valence-corrected chi connectivity index (χ0v) is 24.2. The number of carbonyl (C=O) groups is 1. The lowest BCUT2D eigenvalue weighted by Gasteiger charge is -2.22. The maximum Gasteiger partial charge on any atom is 0.266 e. The molecule has 1 amide bonds.